The van der Waals surface area contributed by atoms with Crippen molar-refractivity contribution in [1.29, 1.82) is 0 Å². The maximum absolute atomic E-state index is 12.8. The van der Waals surface area contributed by atoms with Crippen molar-refractivity contribution in [3.05, 3.63) is 0 Å². The molecule has 368 valence electrons. The van der Waals surface area contributed by atoms with E-state index >= 15 is 0 Å². The predicted octanol–water partition coefficient (Wildman–Crippen LogP) is 18.1. The lowest BCUT2D eigenvalue weighted by Gasteiger charge is -2.18. The Morgan fingerprint density at radius 1 is 0.306 bits per heavy atom. The first kappa shape index (κ1) is 60.4. The van der Waals surface area contributed by atoms with Gasteiger partial charge in [0.1, 0.15) is 13.2 Å². The molecule has 6 heteroatoms. The Labute approximate surface area is 387 Å². The molecular formula is C56H108O6. The lowest BCUT2D eigenvalue weighted by molar-refractivity contribution is -0.167. The molecule has 0 aromatic carbocycles. The van der Waals surface area contributed by atoms with Crippen molar-refractivity contribution in [2.45, 2.75) is 317 Å². The number of hydrogen-bond acceptors (Lipinski definition) is 6. The van der Waals surface area contributed by atoms with Gasteiger partial charge < -0.3 is 14.2 Å². The summed E-state index contributed by atoms with van der Waals surface area (Å²) in [6.45, 7) is 11.3. The normalized spacial score (nSPS) is 12.0. The molecule has 0 N–H and O–H groups in total. The molecule has 6 nitrogen and oxygen atoms in total. The van der Waals surface area contributed by atoms with E-state index in [1.807, 2.05) is 0 Å². The molecule has 0 aliphatic rings. The quantitative estimate of drug-likeness (QED) is 0.0344. The van der Waals surface area contributed by atoms with Crippen LogP contribution in [0.2, 0.25) is 0 Å². The first-order valence-corrected chi connectivity index (χ1v) is 27.7. The van der Waals surface area contributed by atoms with E-state index in [1.54, 1.807) is 0 Å². The van der Waals surface area contributed by atoms with Gasteiger partial charge in [0.25, 0.3) is 0 Å². The molecule has 1 atom stereocenters. The van der Waals surface area contributed by atoms with Gasteiger partial charge in [-0.2, -0.15) is 0 Å². The van der Waals surface area contributed by atoms with Crippen LogP contribution in [0.15, 0.2) is 0 Å². The zero-order valence-corrected chi connectivity index (χ0v) is 42.5. The fourth-order valence-corrected chi connectivity index (χ4v) is 8.52. The van der Waals surface area contributed by atoms with Crippen molar-refractivity contribution in [3.63, 3.8) is 0 Å². The second kappa shape index (κ2) is 48.9. The van der Waals surface area contributed by atoms with Gasteiger partial charge in [0.15, 0.2) is 6.10 Å². The molecule has 0 amide bonds. The van der Waals surface area contributed by atoms with Crippen LogP contribution in [-0.2, 0) is 28.6 Å². The number of carbonyl (C=O) groups excluding carboxylic acids is 3. The number of hydrogen-bond donors (Lipinski definition) is 0. The molecule has 62 heavy (non-hydrogen) atoms. The van der Waals surface area contributed by atoms with Crippen molar-refractivity contribution < 1.29 is 28.6 Å². The molecule has 0 aliphatic heterocycles. The molecule has 0 aromatic heterocycles. The van der Waals surface area contributed by atoms with E-state index in [-0.39, 0.29) is 31.1 Å². The Morgan fingerprint density at radius 3 is 0.790 bits per heavy atom. The average Bonchev–Trinajstić information content (AvgIpc) is 3.24. The molecule has 0 bridgehead atoms. The Morgan fingerprint density at radius 2 is 0.532 bits per heavy atom. The zero-order valence-electron chi connectivity index (χ0n) is 42.5. The number of ether oxygens (including phenoxy) is 3. The van der Waals surface area contributed by atoms with E-state index < -0.39 is 6.10 Å². The third kappa shape index (κ3) is 49.4. The van der Waals surface area contributed by atoms with Gasteiger partial charge in [-0.25, -0.2) is 0 Å². The largest absolute Gasteiger partial charge is 0.462 e. The van der Waals surface area contributed by atoms with E-state index in [0.717, 1.165) is 69.6 Å². The van der Waals surface area contributed by atoms with Gasteiger partial charge in [0.05, 0.1) is 0 Å². The number of carbonyl (C=O) groups is 3. The van der Waals surface area contributed by atoms with Gasteiger partial charge in [-0.3, -0.25) is 14.4 Å². The number of rotatable bonds is 50. The third-order valence-electron chi connectivity index (χ3n) is 12.7. The number of esters is 3. The van der Waals surface area contributed by atoms with Crippen LogP contribution in [0.5, 0.6) is 0 Å². The highest BCUT2D eigenvalue weighted by molar-refractivity contribution is 5.71. The molecule has 0 heterocycles. The van der Waals surface area contributed by atoms with Gasteiger partial charge in [0.2, 0.25) is 0 Å². The minimum atomic E-state index is -0.762. The SMILES string of the molecule is CCCCCCCCCCCCCCCCCCCCC(=O)OC[C@H](COC(=O)CCCCCCCCC(C)C)OC(=O)CCCCCCCCCCCCCCCCC(C)C. The fraction of sp³-hybridized carbons (Fsp3) is 0.946. The highest BCUT2D eigenvalue weighted by Crippen LogP contribution is 2.18. The summed E-state index contributed by atoms with van der Waals surface area (Å²) < 4.78 is 16.8. The van der Waals surface area contributed by atoms with Crippen molar-refractivity contribution in [2.75, 3.05) is 13.2 Å². The second-order valence-electron chi connectivity index (χ2n) is 20.2. The topological polar surface area (TPSA) is 78.9 Å². The second-order valence-corrected chi connectivity index (χ2v) is 20.2. The fourth-order valence-electron chi connectivity index (χ4n) is 8.52. The van der Waals surface area contributed by atoms with Crippen molar-refractivity contribution in [2.24, 2.45) is 11.8 Å². The van der Waals surface area contributed by atoms with Crippen LogP contribution in [-0.4, -0.2) is 37.2 Å². The Hall–Kier alpha value is -1.59. The van der Waals surface area contributed by atoms with Crippen molar-refractivity contribution in [3.8, 4) is 0 Å². The van der Waals surface area contributed by atoms with Gasteiger partial charge in [-0.05, 0) is 31.1 Å². The van der Waals surface area contributed by atoms with Crippen LogP contribution in [0.3, 0.4) is 0 Å². The van der Waals surface area contributed by atoms with Crippen LogP contribution in [0, 0.1) is 11.8 Å². The van der Waals surface area contributed by atoms with Gasteiger partial charge >= 0.3 is 17.9 Å². The van der Waals surface area contributed by atoms with E-state index in [1.165, 1.54) is 199 Å². The summed E-state index contributed by atoms with van der Waals surface area (Å²) in [5, 5.41) is 0. The van der Waals surface area contributed by atoms with Crippen LogP contribution in [0.4, 0.5) is 0 Å². The first-order chi connectivity index (χ1) is 30.2. The molecule has 0 unspecified atom stereocenters. The molecule has 0 aliphatic carbocycles. The molecule has 0 aromatic rings. The summed E-state index contributed by atoms with van der Waals surface area (Å²) in [5.41, 5.74) is 0. The van der Waals surface area contributed by atoms with Crippen LogP contribution in [0.25, 0.3) is 0 Å². The maximum Gasteiger partial charge on any atom is 0.306 e. The summed E-state index contributed by atoms with van der Waals surface area (Å²) in [4.78, 5) is 38.0. The lowest BCUT2D eigenvalue weighted by atomic mass is 10.0. The van der Waals surface area contributed by atoms with Gasteiger partial charge in [0, 0.05) is 19.3 Å². The zero-order chi connectivity index (χ0) is 45.4. The first-order valence-electron chi connectivity index (χ1n) is 27.7. The minimum absolute atomic E-state index is 0.0639. The van der Waals surface area contributed by atoms with E-state index in [9.17, 15) is 14.4 Å². The standard InChI is InChI=1S/C56H108O6/c1-6-7-8-9-10-11-12-13-14-15-16-17-21-24-27-30-36-41-46-54(57)60-49-53(50-61-55(58)47-42-37-33-32-35-40-45-52(4)5)62-56(59)48-43-38-31-28-25-22-19-18-20-23-26-29-34-39-44-51(2)3/h51-53H,6-50H2,1-5H3/t53-/m1/s1. The highest BCUT2D eigenvalue weighted by atomic mass is 16.6. The van der Waals surface area contributed by atoms with E-state index in [0.29, 0.717) is 19.3 Å². The molecule has 0 saturated heterocycles. The van der Waals surface area contributed by atoms with Crippen molar-refractivity contribution >= 4 is 17.9 Å². The molecular weight excluding hydrogens is 769 g/mol. The highest BCUT2D eigenvalue weighted by Gasteiger charge is 2.19. The molecule has 0 rings (SSSR count). The smallest absolute Gasteiger partial charge is 0.306 e. The minimum Gasteiger partial charge on any atom is -0.462 e. The van der Waals surface area contributed by atoms with Gasteiger partial charge in [-0.15, -0.1) is 0 Å². The Balaban J connectivity index is 4.23. The number of unbranched alkanes of at least 4 members (excludes halogenated alkanes) is 35. The summed E-state index contributed by atoms with van der Waals surface area (Å²) in [5.74, 6) is 0.758. The molecule has 0 radical (unpaired) electrons. The van der Waals surface area contributed by atoms with E-state index in [2.05, 4.69) is 34.6 Å². The Bertz CT molecular complexity index is 947. The summed E-state index contributed by atoms with van der Waals surface area (Å²) in [6, 6.07) is 0. The third-order valence-corrected chi connectivity index (χ3v) is 12.7. The predicted molar refractivity (Wildman–Crippen MR) is 266 cm³/mol. The molecule has 0 spiro atoms. The monoisotopic (exact) mass is 877 g/mol. The maximum atomic E-state index is 12.8. The van der Waals surface area contributed by atoms with Crippen LogP contribution >= 0.6 is 0 Å². The lowest BCUT2D eigenvalue weighted by Crippen LogP contribution is -2.30. The van der Waals surface area contributed by atoms with Crippen molar-refractivity contribution in [1.82, 2.24) is 0 Å². The summed E-state index contributed by atoms with van der Waals surface area (Å²) >= 11 is 0. The van der Waals surface area contributed by atoms with Crippen LogP contribution < -0.4 is 0 Å². The van der Waals surface area contributed by atoms with Crippen LogP contribution in [0.1, 0.15) is 311 Å². The average molecular weight is 877 g/mol. The Kier molecular flexibility index (Phi) is 47.6. The summed E-state index contributed by atoms with van der Waals surface area (Å²) in [7, 11) is 0. The molecule has 0 saturated carbocycles. The summed E-state index contributed by atoms with van der Waals surface area (Å²) in [6.07, 6.45) is 51.1. The molecule has 0 fully saturated rings. The van der Waals surface area contributed by atoms with Gasteiger partial charge in [-0.1, -0.05) is 272 Å². The van der Waals surface area contributed by atoms with E-state index in [4.69, 9.17) is 14.2 Å².